The fourth-order valence-electron chi connectivity index (χ4n) is 1.73. The van der Waals surface area contributed by atoms with Gasteiger partial charge in [-0.2, -0.15) is 0 Å². The molecule has 0 heterocycles. The minimum atomic E-state index is -0.473. The quantitative estimate of drug-likeness (QED) is 0.668. The van der Waals surface area contributed by atoms with E-state index >= 15 is 0 Å². The maximum absolute atomic E-state index is 10.7. The van der Waals surface area contributed by atoms with E-state index in [1.807, 2.05) is 30.3 Å². The van der Waals surface area contributed by atoms with Gasteiger partial charge in [0.1, 0.15) is 11.4 Å². The van der Waals surface area contributed by atoms with Gasteiger partial charge in [-0.25, -0.2) is 0 Å². The van der Waals surface area contributed by atoms with Crippen molar-refractivity contribution in [1.82, 2.24) is 0 Å². The van der Waals surface area contributed by atoms with E-state index in [9.17, 15) is 10.1 Å². The van der Waals surface area contributed by atoms with Gasteiger partial charge in [-0.3, -0.25) is 10.1 Å². The second kappa shape index (κ2) is 6.38. The summed E-state index contributed by atoms with van der Waals surface area (Å²) in [7, 11) is 1.59. The molecule has 0 aliphatic rings. The Kier molecular flexibility index (Phi) is 4.34. The van der Waals surface area contributed by atoms with Crippen LogP contribution in [-0.2, 0) is 0 Å². The highest BCUT2D eigenvalue weighted by molar-refractivity contribution is 5.76. The second-order valence-corrected chi connectivity index (χ2v) is 4.05. The maximum Gasteiger partial charge on any atom is 0.258 e. The molecule has 0 unspecified atom stereocenters. The number of benzene rings is 2. The topological polar surface area (TPSA) is 64.4 Å². The van der Waals surface area contributed by atoms with E-state index in [2.05, 4.69) is 5.32 Å². The third-order valence-corrected chi connectivity index (χ3v) is 2.69. The Morgan fingerprint density at radius 3 is 2.35 bits per heavy atom. The molecule has 0 aliphatic heterocycles. The third kappa shape index (κ3) is 3.58. The van der Waals surface area contributed by atoms with Gasteiger partial charge in [-0.1, -0.05) is 30.3 Å². The summed E-state index contributed by atoms with van der Waals surface area (Å²) < 4.78 is 5.07. The molecule has 0 bridgehead atoms. The van der Waals surface area contributed by atoms with Gasteiger partial charge in [0.15, 0.2) is 0 Å². The number of methoxy groups -OCH3 is 1. The highest BCUT2D eigenvalue weighted by Gasteiger charge is 2.06. The lowest BCUT2D eigenvalue weighted by Crippen LogP contribution is -2.01. The lowest BCUT2D eigenvalue weighted by molar-refractivity contribution is -0.401. The molecule has 5 nitrogen and oxygen atoms in total. The van der Waals surface area contributed by atoms with E-state index in [1.165, 1.54) is 0 Å². The number of nitrogens with zero attached hydrogens (tertiary/aromatic N) is 1. The largest absolute Gasteiger partial charge is 0.497 e. The van der Waals surface area contributed by atoms with Crippen LogP contribution in [0.3, 0.4) is 0 Å². The average Bonchev–Trinajstić information content (AvgIpc) is 2.48. The van der Waals surface area contributed by atoms with Crippen molar-refractivity contribution >= 4 is 11.4 Å². The van der Waals surface area contributed by atoms with Crippen molar-refractivity contribution in [1.29, 1.82) is 0 Å². The van der Waals surface area contributed by atoms with E-state index in [0.29, 0.717) is 5.70 Å². The molecule has 2 aromatic rings. The van der Waals surface area contributed by atoms with Crippen LogP contribution in [0.1, 0.15) is 5.56 Å². The Balaban J connectivity index is 2.26. The number of rotatable bonds is 5. The smallest absolute Gasteiger partial charge is 0.258 e. The summed E-state index contributed by atoms with van der Waals surface area (Å²) in [5.41, 5.74) is 1.93. The predicted octanol–water partition coefficient (Wildman–Crippen LogP) is 3.38. The summed E-state index contributed by atoms with van der Waals surface area (Å²) in [4.78, 5) is 10.3. The summed E-state index contributed by atoms with van der Waals surface area (Å²) in [6.07, 6.45) is 0.958. The van der Waals surface area contributed by atoms with Gasteiger partial charge in [-0.05, 0) is 24.3 Å². The number of nitrogens with one attached hydrogen (secondary N) is 1. The fourth-order valence-corrected chi connectivity index (χ4v) is 1.73. The van der Waals surface area contributed by atoms with Crippen LogP contribution in [0.2, 0.25) is 0 Å². The monoisotopic (exact) mass is 270 g/mol. The molecule has 2 aromatic carbocycles. The van der Waals surface area contributed by atoms with Crippen LogP contribution in [0.25, 0.3) is 5.70 Å². The number of hydrogen-bond donors (Lipinski definition) is 1. The zero-order valence-corrected chi connectivity index (χ0v) is 10.9. The molecule has 0 amide bonds. The molecule has 5 heteroatoms. The predicted molar refractivity (Wildman–Crippen MR) is 78.0 cm³/mol. The number of hydrogen-bond acceptors (Lipinski definition) is 4. The van der Waals surface area contributed by atoms with Gasteiger partial charge in [0, 0.05) is 11.3 Å². The summed E-state index contributed by atoms with van der Waals surface area (Å²) in [5, 5.41) is 13.8. The summed E-state index contributed by atoms with van der Waals surface area (Å²) in [6, 6.07) is 16.3. The first-order valence-corrected chi connectivity index (χ1v) is 6.01. The second-order valence-electron chi connectivity index (χ2n) is 4.05. The Labute approximate surface area is 116 Å². The lowest BCUT2D eigenvalue weighted by atomic mass is 10.1. The van der Waals surface area contributed by atoms with Gasteiger partial charge in [0.25, 0.3) is 6.20 Å². The molecule has 0 saturated heterocycles. The normalized spacial score (nSPS) is 10.9. The number of anilines is 1. The molecule has 0 fully saturated rings. The van der Waals surface area contributed by atoms with Crippen molar-refractivity contribution in [3.63, 3.8) is 0 Å². The van der Waals surface area contributed by atoms with Crippen molar-refractivity contribution in [2.24, 2.45) is 0 Å². The third-order valence-electron chi connectivity index (χ3n) is 2.69. The van der Waals surface area contributed by atoms with E-state index in [-0.39, 0.29) is 0 Å². The van der Waals surface area contributed by atoms with Gasteiger partial charge < -0.3 is 10.1 Å². The van der Waals surface area contributed by atoms with E-state index in [0.717, 1.165) is 23.2 Å². The SMILES string of the molecule is COc1ccc(N/C(=C\[N+](=O)[O-])c2ccccc2)cc1. The van der Waals surface area contributed by atoms with Crippen LogP contribution in [0, 0.1) is 10.1 Å². The van der Waals surface area contributed by atoms with Crippen molar-refractivity contribution in [3.05, 3.63) is 76.5 Å². The first kappa shape index (κ1) is 13.6. The molecule has 2 rings (SSSR count). The minimum absolute atomic E-state index is 0.431. The van der Waals surface area contributed by atoms with Crippen LogP contribution in [0.4, 0.5) is 5.69 Å². The molecular weight excluding hydrogens is 256 g/mol. The van der Waals surface area contributed by atoms with Crippen molar-refractivity contribution in [2.75, 3.05) is 12.4 Å². The molecule has 0 atom stereocenters. The van der Waals surface area contributed by atoms with Gasteiger partial charge in [0.2, 0.25) is 0 Å². The first-order valence-electron chi connectivity index (χ1n) is 6.01. The van der Waals surface area contributed by atoms with Crippen LogP contribution < -0.4 is 10.1 Å². The molecule has 0 aromatic heterocycles. The Bertz CT molecular complexity index is 607. The molecule has 20 heavy (non-hydrogen) atoms. The van der Waals surface area contributed by atoms with Crippen LogP contribution in [0.15, 0.2) is 60.8 Å². The minimum Gasteiger partial charge on any atom is -0.497 e. The van der Waals surface area contributed by atoms with Gasteiger partial charge in [-0.15, -0.1) is 0 Å². The highest BCUT2D eigenvalue weighted by atomic mass is 16.6. The van der Waals surface area contributed by atoms with Crippen molar-refractivity contribution in [2.45, 2.75) is 0 Å². The fraction of sp³-hybridized carbons (Fsp3) is 0.0667. The molecule has 0 saturated carbocycles. The molecule has 1 N–H and O–H groups in total. The van der Waals surface area contributed by atoms with Gasteiger partial charge >= 0.3 is 0 Å². The van der Waals surface area contributed by atoms with Crippen LogP contribution in [-0.4, -0.2) is 12.0 Å². The summed E-state index contributed by atoms with van der Waals surface area (Å²) >= 11 is 0. The first-order chi connectivity index (χ1) is 9.69. The Morgan fingerprint density at radius 1 is 1.15 bits per heavy atom. The average molecular weight is 270 g/mol. The summed E-state index contributed by atoms with van der Waals surface area (Å²) in [5.74, 6) is 0.732. The highest BCUT2D eigenvalue weighted by Crippen LogP contribution is 2.21. The molecule has 0 aliphatic carbocycles. The maximum atomic E-state index is 10.7. The standard InChI is InChI=1S/C15H14N2O3/c1-20-14-9-7-13(8-10-14)16-15(11-17(18)19)12-5-3-2-4-6-12/h2-11,16H,1H3/b15-11-. The van der Waals surface area contributed by atoms with Crippen molar-refractivity contribution in [3.8, 4) is 5.75 Å². The zero-order valence-electron chi connectivity index (χ0n) is 10.9. The Morgan fingerprint density at radius 2 is 1.80 bits per heavy atom. The van der Waals surface area contributed by atoms with E-state index in [4.69, 9.17) is 4.74 Å². The summed E-state index contributed by atoms with van der Waals surface area (Å²) in [6.45, 7) is 0. The van der Waals surface area contributed by atoms with Gasteiger partial charge in [0.05, 0.1) is 12.0 Å². The van der Waals surface area contributed by atoms with Crippen LogP contribution in [0.5, 0.6) is 5.75 Å². The van der Waals surface area contributed by atoms with E-state index < -0.39 is 4.92 Å². The zero-order chi connectivity index (χ0) is 14.4. The molecule has 102 valence electrons. The Hall–Kier alpha value is -2.82. The molecule has 0 radical (unpaired) electrons. The number of ether oxygens (including phenoxy) is 1. The van der Waals surface area contributed by atoms with Crippen molar-refractivity contribution < 1.29 is 9.66 Å². The molecule has 0 spiro atoms. The van der Waals surface area contributed by atoms with E-state index in [1.54, 1.807) is 31.4 Å². The van der Waals surface area contributed by atoms with Crippen LogP contribution >= 0.6 is 0 Å². The molecular formula is C15H14N2O3. The lowest BCUT2D eigenvalue weighted by Gasteiger charge is -2.09. The number of nitro groups is 1.